The molecule has 0 fully saturated rings. The lowest BCUT2D eigenvalue weighted by molar-refractivity contribution is 0.0440. The van der Waals surface area contributed by atoms with Crippen LogP contribution in [-0.4, -0.2) is 93.3 Å². The van der Waals surface area contributed by atoms with Gasteiger partial charge >= 0.3 is 11.9 Å². The van der Waals surface area contributed by atoms with Gasteiger partial charge in [0, 0.05) is 36.7 Å². The number of carbonyl (C=O) groups is 6. The number of aliphatic hydroxyl groups excluding tert-OH is 2. The van der Waals surface area contributed by atoms with Crippen molar-refractivity contribution in [3.05, 3.63) is 106 Å². The van der Waals surface area contributed by atoms with Crippen LogP contribution in [0, 0.1) is 0 Å². The van der Waals surface area contributed by atoms with E-state index in [0.29, 0.717) is 46.2 Å². The standard InChI is InChI=1S/C12H12BrNO2.C12H13NO3.C8H4O3.C4H11NO.CBr4/c1-8(6-7-13)14-11(15)9-4-2-3-5-10(9)12(14)16;1-8(6-7-14)13-11(15)9-4-2-3-5-10(9)12(13)16;9-7-5-3-1-2-4-6(5)8(10)11-7;1-4(5)2-3-6;2-1(3,4)5/h2-5,8H,6-7H2,1H3;2-5,8,14H,6-7H2,1H3;1-4H;4,6H,2-3,5H2,1H3;/t2*8-;;4-;/m11.1./s1. The molecule has 0 unspecified atom stereocenters. The summed E-state index contributed by atoms with van der Waals surface area (Å²) in [5.74, 6) is -1.97. The van der Waals surface area contributed by atoms with Gasteiger partial charge in [0.05, 0.1) is 33.4 Å². The first kappa shape index (κ1) is 47.5. The van der Waals surface area contributed by atoms with Crippen molar-refractivity contribution in [1.82, 2.24) is 9.80 Å². The summed E-state index contributed by atoms with van der Waals surface area (Å²) in [4.78, 5) is 72.2. The zero-order valence-electron chi connectivity index (χ0n) is 29.5. The summed E-state index contributed by atoms with van der Waals surface area (Å²) in [6.07, 6.45) is 1.89. The number of alkyl halides is 5. The van der Waals surface area contributed by atoms with Crippen LogP contribution in [0.4, 0.5) is 0 Å². The molecule has 3 aliphatic heterocycles. The minimum Gasteiger partial charge on any atom is -0.396 e. The molecule has 12 nitrogen and oxygen atoms in total. The number of hydrogen-bond acceptors (Lipinski definition) is 10. The molecule has 4 amide bonds. The summed E-state index contributed by atoms with van der Waals surface area (Å²) < 4.78 is 4.10. The summed E-state index contributed by atoms with van der Waals surface area (Å²) in [5.41, 5.74) is 7.92. The number of amides is 4. The maximum atomic E-state index is 12.0. The average Bonchev–Trinajstić information content (AvgIpc) is 3.65. The van der Waals surface area contributed by atoms with Crippen LogP contribution in [0.1, 0.15) is 102 Å². The topological polar surface area (TPSA) is 185 Å². The van der Waals surface area contributed by atoms with Crippen LogP contribution in [0.3, 0.4) is 0 Å². The molecule has 292 valence electrons. The Labute approximate surface area is 355 Å². The second kappa shape index (κ2) is 22.8. The van der Waals surface area contributed by atoms with Crippen LogP contribution < -0.4 is 5.73 Å². The van der Waals surface area contributed by atoms with Crippen LogP contribution in [0.2, 0.25) is 0 Å². The van der Waals surface area contributed by atoms with E-state index in [4.69, 9.17) is 15.9 Å². The van der Waals surface area contributed by atoms with Crippen molar-refractivity contribution in [2.24, 2.45) is 5.73 Å². The van der Waals surface area contributed by atoms with Crippen LogP contribution in [0.25, 0.3) is 0 Å². The third-order valence-electron chi connectivity index (χ3n) is 7.74. The van der Waals surface area contributed by atoms with Gasteiger partial charge < -0.3 is 20.7 Å². The molecule has 3 aromatic carbocycles. The van der Waals surface area contributed by atoms with E-state index in [1.54, 1.807) is 79.7 Å². The molecule has 3 aromatic rings. The van der Waals surface area contributed by atoms with E-state index in [1.807, 2.05) is 13.8 Å². The van der Waals surface area contributed by atoms with Gasteiger partial charge in [-0.15, -0.1) is 0 Å². The zero-order chi connectivity index (χ0) is 40.7. The molecule has 3 atom stereocenters. The first-order chi connectivity index (χ1) is 25.4. The van der Waals surface area contributed by atoms with Crippen LogP contribution in [0.5, 0.6) is 0 Å². The molecule has 0 saturated heterocycles. The van der Waals surface area contributed by atoms with Crippen molar-refractivity contribution in [2.75, 3.05) is 18.5 Å². The van der Waals surface area contributed by atoms with E-state index < -0.39 is 11.9 Å². The number of ether oxygens (including phenoxy) is 1. The smallest absolute Gasteiger partial charge is 0.346 e. The number of halogens is 5. The highest BCUT2D eigenvalue weighted by molar-refractivity contribution is 9.52. The Morgan fingerprint density at radius 3 is 1.09 bits per heavy atom. The molecule has 4 N–H and O–H groups in total. The van der Waals surface area contributed by atoms with Gasteiger partial charge in [0.2, 0.25) is 0 Å². The number of benzene rings is 3. The lowest BCUT2D eigenvalue weighted by Gasteiger charge is -2.21. The molecular formula is C37H40Br5N3O9. The van der Waals surface area contributed by atoms with Gasteiger partial charge in [-0.25, -0.2) is 9.59 Å². The quantitative estimate of drug-likeness (QED) is 0.0890. The molecule has 3 heterocycles. The number of hydrogen-bond donors (Lipinski definition) is 3. The summed E-state index contributed by atoms with van der Waals surface area (Å²) in [7, 11) is 0. The zero-order valence-corrected chi connectivity index (χ0v) is 37.4. The first-order valence-electron chi connectivity index (χ1n) is 16.5. The molecule has 3 aliphatic rings. The number of fused-ring (bicyclic) bond motifs is 3. The molecule has 17 heteroatoms. The number of cyclic esters (lactones) is 2. The highest BCUT2D eigenvalue weighted by Gasteiger charge is 2.38. The summed E-state index contributed by atoms with van der Waals surface area (Å²) >= 11 is 15.8. The number of nitrogens with zero attached hydrogens (tertiary/aromatic N) is 2. The molecule has 0 aromatic heterocycles. The Morgan fingerprint density at radius 1 is 0.574 bits per heavy atom. The third kappa shape index (κ3) is 13.8. The van der Waals surface area contributed by atoms with Gasteiger partial charge in [-0.1, -0.05) is 52.3 Å². The Balaban J connectivity index is 0.000000249. The second-order valence-corrected chi connectivity index (χ2v) is 23.8. The first-order valence-corrected chi connectivity index (χ1v) is 20.8. The Hall–Kier alpha value is -2.64. The molecule has 54 heavy (non-hydrogen) atoms. The van der Waals surface area contributed by atoms with E-state index in [-0.39, 0.29) is 56.0 Å². The van der Waals surface area contributed by atoms with Gasteiger partial charge in [0.1, 0.15) is 0 Å². The van der Waals surface area contributed by atoms with E-state index >= 15 is 0 Å². The Morgan fingerprint density at radius 2 is 0.852 bits per heavy atom. The summed E-state index contributed by atoms with van der Waals surface area (Å²) in [6, 6.07) is 20.1. The molecule has 0 spiro atoms. The van der Waals surface area contributed by atoms with Crippen LogP contribution >= 0.6 is 79.6 Å². The number of carbonyl (C=O) groups excluding carboxylic acids is 6. The van der Waals surface area contributed by atoms with Crippen LogP contribution in [-0.2, 0) is 4.74 Å². The summed E-state index contributed by atoms with van der Waals surface area (Å²) in [5, 5.41) is 17.8. The fourth-order valence-corrected chi connectivity index (χ4v) is 5.72. The molecular weight excluding hydrogens is 1030 g/mol. The SMILES string of the molecule is BrC(Br)(Br)Br.C[C@@H](N)CCO.C[C@H](CCBr)N1C(=O)c2ccccc2C1=O.C[C@H](CCO)N1C(=O)c2ccccc2C1=O.O=C1OC(=O)c2ccccc21. The maximum Gasteiger partial charge on any atom is 0.346 e. The molecule has 6 rings (SSSR count). The maximum absolute atomic E-state index is 12.0. The number of rotatable bonds is 8. The van der Waals surface area contributed by atoms with Gasteiger partial charge in [-0.05, 0) is 140 Å². The molecule has 0 aliphatic carbocycles. The predicted molar refractivity (Wildman–Crippen MR) is 223 cm³/mol. The minimum absolute atomic E-state index is 0.0332. The van der Waals surface area contributed by atoms with E-state index in [2.05, 4.69) is 84.4 Å². The Kier molecular flexibility index (Phi) is 20.1. The number of aliphatic hydroxyl groups is 2. The highest BCUT2D eigenvalue weighted by Crippen LogP contribution is 2.39. The second-order valence-electron chi connectivity index (χ2n) is 11.9. The lowest BCUT2D eigenvalue weighted by Crippen LogP contribution is -2.38. The van der Waals surface area contributed by atoms with Gasteiger partial charge in [0.25, 0.3) is 23.6 Å². The molecule has 0 bridgehead atoms. The Bertz CT molecular complexity index is 1610. The number of imide groups is 2. The van der Waals surface area contributed by atoms with E-state index in [9.17, 15) is 28.8 Å². The van der Waals surface area contributed by atoms with Crippen molar-refractivity contribution in [2.45, 2.75) is 59.2 Å². The van der Waals surface area contributed by atoms with E-state index in [1.165, 1.54) is 9.80 Å². The fourth-order valence-electron chi connectivity index (χ4n) is 5.06. The molecule has 0 radical (unpaired) electrons. The van der Waals surface area contributed by atoms with Crippen LogP contribution in [0.15, 0.2) is 72.8 Å². The van der Waals surface area contributed by atoms with Gasteiger partial charge in [-0.3, -0.25) is 29.0 Å². The minimum atomic E-state index is -0.550. The number of esters is 2. The van der Waals surface area contributed by atoms with Gasteiger partial charge in [0.15, 0.2) is 1.05 Å². The van der Waals surface area contributed by atoms with Crippen molar-refractivity contribution < 1.29 is 43.7 Å². The fraction of sp³-hybridized carbons (Fsp3) is 0.351. The highest BCUT2D eigenvalue weighted by atomic mass is 80.0. The normalized spacial score (nSPS) is 15.5. The summed E-state index contributed by atoms with van der Waals surface area (Å²) in [6.45, 7) is 5.70. The van der Waals surface area contributed by atoms with Crippen molar-refractivity contribution in [3.8, 4) is 0 Å². The van der Waals surface area contributed by atoms with Gasteiger partial charge in [-0.2, -0.15) is 0 Å². The van der Waals surface area contributed by atoms with Crippen molar-refractivity contribution in [1.29, 1.82) is 0 Å². The third-order valence-corrected chi connectivity index (χ3v) is 8.20. The van der Waals surface area contributed by atoms with Crippen molar-refractivity contribution >= 4 is 115 Å². The van der Waals surface area contributed by atoms with Crippen molar-refractivity contribution in [3.63, 3.8) is 0 Å². The lowest BCUT2D eigenvalue weighted by atomic mass is 10.1. The van der Waals surface area contributed by atoms with E-state index in [0.717, 1.165) is 11.8 Å². The average molecular weight is 1070 g/mol. The largest absolute Gasteiger partial charge is 0.396 e. The molecule has 0 saturated carbocycles. The number of nitrogens with two attached hydrogens (primary N) is 1. The predicted octanol–water partition coefficient (Wildman–Crippen LogP) is 7.40. The monoisotopic (exact) mass is 1060 g/mol.